The quantitative estimate of drug-likeness (QED) is 0.609. The molecule has 1 aromatic heterocycles. The predicted molar refractivity (Wildman–Crippen MR) is 101 cm³/mol. The molecule has 1 heterocycles. The van der Waals surface area contributed by atoms with Gasteiger partial charge in [0.1, 0.15) is 11.8 Å². The second kappa shape index (κ2) is 8.47. The summed E-state index contributed by atoms with van der Waals surface area (Å²) >= 11 is 6.15. The van der Waals surface area contributed by atoms with Gasteiger partial charge in [-0.25, -0.2) is 14.4 Å². The first-order valence-electron chi connectivity index (χ1n) is 8.31. The highest BCUT2D eigenvalue weighted by molar-refractivity contribution is 6.32. The third kappa shape index (κ3) is 4.33. The van der Waals surface area contributed by atoms with Gasteiger partial charge in [-0.1, -0.05) is 42.8 Å². The van der Waals surface area contributed by atoms with Crippen LogP contribution in [0.15, 0.2) is 54.9 Å². The number of benzene rings is 2. The summed E-state index contributed by atoms with van der Waals surface area (Å²) in [5, 5.41) is 12.1. The molecule has 0 fully saturated rings. The van der Waals surface area contributed by atoms with Crippen molar-refractivity contribution < 1.29 is 9.13 Å². The topological polar surface area (TPSA) is 70.8 Å². The number of ether oxygens (including phenoxy) is 1. The van der Waals surface area contributed by atoms with Crippen molar-refractivity contribution in [3.63, 3.8) is 0 Å². The van der Waals surface area contributed by atoms with E-state index in [1.807, 2.05) is 19.1 Å². The second-order valence-electron chi connectivity index (χ2n) is 5.71. The first-order valence-corrected chi connectivity index (χ1v) is 8.69. The van der Waals surface area contributed by atoms with Crippen LogP contribution in [-0.2, 0) is 0 Å². The second-order valence-corrected chi connectivity index (χ2v) is 6.11. The highest BCUT2D eigenvalue weighted by atomic mass is 35.5. The molecule has 0 aliphatic rings. The largest absolute Gasteiger partial charge is 0.453 e. The minimum absolute atomic E-state index is 0.0265. The zero-order valence-electron chi connectivity index (χ0n) is 14.5. The van der Waals surface area contributed by atoms with E-state index in [0.29, 0.717) is 29.2 Å². The molecule has 0 saturated carbocycles. The lowest BCUT2D eigenvalue weighted by molar-refractivity contribution is 0.435. The minimum atomic E-state index is -0.542. The van der Waals surface area contributed by atoms with Crippen LogP contribution in [0.1, 0.15) is 30.5 Å². The monoisotopic (exact) mass is 382 g/mol. The molecule has 136 valence electrons. The molecule has 0 unspecified atom stereocenters. The molecule has 0 spiro atoms. The lowest BCUT2D eigenvalue weighted by Gasteiger charge is -2.20. The van der Waals surface area contributed by atoms with Crippen molar-refractivity contribution in [3.05, 3.63) is 76.8 Å². The smallest absolute Gasteiger partial charge is 0.223 e. The molecule has 0 aliphatic heterocycles. The fourth-order valence-corrected chi connectivity index (χ4v) is 2.72. The van der Waals surface area contributed by atoms with Crippen molar-refractivity contribution in [2.24, 2.45) is 0 Å². The van der Waals surface area contributed by atoms with E-state index in [-0.39, 0.29) is 10.8 Å². The van der Waals surface area contributed by atoms with E-state index in [1.165, 1.54) is 12.4 Å². The molecule has 2 aromatic carbocycles. The maximum absolute atomic E-state index is 15.1. The Kier molecular flexibility index (Phi) is 5.84. The van der Waals surface area contributed by atoms with Gasteiger partial charge in [0.2, 0.25) is 5.95 Å². The highest BCUT2D eigenvalue weighted by Gasteiger charge is 2.21. The third-order valence-electron chi connectivity index (χ3n) is 3.91. The van der Waals surface area contributed by atoms with E-state index < -0.39 is 11.9 Å². The molecule has 7 heteroatoms. The number of rotatable bonds is 6. The fourth-order valence-electron chi connectivity index (χ4n) is 2.53. The third-order valence-corrected chi connectivity index (χ3v) is 4.21. The van der Waals surface area contributed by atoms with Crippen molar-refractivity contribution >= 4 is 17.5 Å². The van der Waals surface area contributed by atoms with Gasteiger partial charge in [-0.3, -0.25) is 0 Å². The normalized spacial score (nSPS) is 11.5. The van der Waals surface area contributed by atoms with Crippen LogP contribution in [0, 0.1) is 17.1 Å². The lowest BCUT2D eigenvalue weighted by atomic mass is 10.0. The summed E-state index contributed by atoms with van der Waals surface area (Å²) in [6.45, 7) is 1.91. The van der Waals surface area contributed by atoms with Crippen molar-refractivity contribution in [1.82, 2.24) is 9.97 Å². The number of hydrogen-bond donors (Lipinski definition) is 1. The molecular weight excluding hydrogens is 367 g/mol. The number of para-hydroxylation sites is 1. The molecule has 3 aromatic rings. The van der Waals surface area contributed by atoms with Gasteiger partial charge in [0.15, 0.2) is 11.6 Å². The Morgan fingerprint density at radius 3 is 2.52 bits per heavy atom. The molecule has 5 nitrogen and oxygen atoms in total. The van der Waals surface area contributed by atoms with Gasteiger partial charge in [-0.2, -0.15) is 5.26 Å². The van der Waals surface area contributed by atoms with Crippen molar-refractivity contribution in [2.75, 3.05) is 5.32 Å². The SMILES string of the molecule is CC[C@@H](Nc1ncc(C#N)cn1)c1ccc(Cl)c(Oc2ccccc2)c1F. The van der Waals surface area contributed by atoms with Crippen molar-refractivity contribution in [2.45, 2.75) is 19.4 Å². The Bertz CT molecular complexity index is 958. The summed E-state index contributed by atoms with van der Waals surface area (Å²) in [7, 11) is 0. The van der Waals surface area contributed by atoms with Gasteiger partial charge in [0, 0.05) is 5.56 Å². The zero-order valence-corrected chi connectivity index (χ0v) is 15.2. The van der Waals surface area contributed by atoms with Crippen LogP contribution in [0.25, 0.3) is 0 Å². The number of hydrogen-bond acceptors (Lipinski definition) is 5. The Labute approximate surface area is 161 Å². The number of nitrogens with one attached hydrogen (secondary N) is 1. The molecule has 27 heavy (non-hydrogen) atoms. The van der Waals surface area contributed by atoms with Gasteiger partial charge < -0.3 is 10.1 Å². The fraction of sp³-hybridized carbons (Fsp3) is 0.150. The van der Waals surface area contributed by atoms with Crippen LogP contribution in [-0.4, -0.2) is 9.97 Å². The van der Waals surface area contributed by atoms with Crippen LogP contribution < -0.4 is 10.1 Å². The average Bonchev–Trinajstić information content (AvgIpc) is 2.71. The molecular formula is C20H16ClFN4O. The van der Waals surface area contributed by atoms with E-state index in [0.717, 1.165) is 0 Å². The lowest BCUT2D eigenvalue weighted by Crippen LogP contribution is -2.14. The van der Waals surface area contributed by atoms with E-state index >= 15 is 4.39 Å². The van der Waals surface area contributed by atoms with Gasteiger partial charge in [0.25, 0.3) is 0 Å². The van der Waals surface area contributed by atoms with Crippen LogP contribution in [0.4, 0.5) is 10.3 Å². The van der Waals surface area contributed by atoms with E-state index in [9.17, 15) is 0 Å². The summed E-state index contributed by atoms with van der Waals surface area (Å²) in [5.74, 6) is 0.230. The summed E-state index contributed by atoms with van der Waals surface area (Å²) in [6.07, 6.45) is 3.39. The molecule has 0 aliphatic carbocycles. The first-order chi connectivity index (χ1) is 13.1. The Balaban J connectivity index is 1.89. The van der Waals surface area contributed by atoms with Crippen LogP contribution in [0.5, 0.6) is 11.5 Å². The van der Waals surface area contributed by atoms with Gasteiger partial charge in [0.05, 0.1) is 29.0 Å². The maximum Gasteiger partial charge on any atom is 0.223 e. The molecule has 0 saturated heterocycles. The Hall–Kier alpha value is -3.17. The van der Waals surface area contributed by atoms with Crippen LogP contribution in [0.3, 0.4) is 0 Å². The molecule has 0 amide bonds. The maximum atomic E-state index is 15.1. The van der Waals surface area contributed by atoms with Gasteiger partial charge in [-0.15, -0.1) is 0 Å². The predicted octanol–water partition coefficient (Wildman–Crippen LogP) is 5.50. The number of anilines is 1. The van der Waals surface area contributed by atoms with Crippen LogP contribution in [0.2, 0.25) is 5.02 Å². The van der Waals surface area contributed by atoms with E-state index in [2.05, 4.69) is 15.3 Å². The van der Waals surface area contributed by atoms with E-state index in [1.54, 1.807) is 36.4 Å². The van der Waals surface area contributed by atoms with Crippen LogP contribution >= 0.6 is 11.6 Å². The Morgan fingerprint density at radius 1 is 1.19 bits per heavy atom. The van der Waals surface area contributed by atoms with Crippen molar-refractivity contribution in [1.29, 1.82) is 5.26 Å². The number of halogens is 2. The number of nitriles is 1. The Morgan fingerprint density at radius 2 is 1.89 bits per heavy atom. The zero-order chi connectivity index (χ0) is 19.2. The number of aromatic nitrogens is 2. The summed E-state index contributed by atoms with van der Waals surface area (Å²) in [4.78, 5) is 8.15. The summed E-state index contributed by atoms with van der Waals surface area (Å²) in [6, 6.07) is 13.7. The standard InChI is InChI=1S/C20H16ClFN4O/c1-2-17(26-20-24-11-13(10-23)12-25-20)15-8-9-16(21)19(18(15)22)27-14-6-4-3-5-7-14/h3-9,11-12,17H,2H2,1H3,(H,24,25,26)/t17-/m1/s1. The highest BCUT2D eigenvalue weighted by Crippen LogP contribution is 2.37. The summed E-state index contributed by atoms with van der Waals surface area (Å²) < 4.78 is 20.8. The average molecular weight is 383 g/mol. The summed E-state index contributed by atoms with van der Waals surface area (Å²) in [5.41, 5.74) is 0.741. The molecule has 1 N–H and O–H groups in total. The molecule has 1 atom stereocenters. The minimum Gasteiger partial charge on any atom is -0.453 e. The van der Waals surface area contributed by atoms with Gasteiger partial charge in [-0.05, 0) is 24.6 Å². The molecule has 0 bridgehead atoms. The molecule has 3 rings (SSSR count). The first kappa shape index (κ1) is 18.6. The van der Waals surface area contributed by atoms with Gasteiger partial charge >= 0.3 is 0 Å². The van der Waals surface area contributed by atoms with E-state index in [4.69, 9.17) is 21.6 Å². The molecule has 0 radical (unpaired) electrons. The number of nitrogens with zero attached hydrogens (tertiary/aromatic N) is 3. The van der Waals surface area contributed by atoms with Crippen molar-refractivity contribution in [3.8, 4) is 17.6 Å².